The summed E-state index contributed by atoms with van der Waals surface area (Å²) in [6.45, 7) is 3.25. The first-order chi connectivity index (χ1) is 10.0. The predicted molar refractivity (Wildman–Crippen MR) is 90.4 cm³/mol. The van der Waals surface area contributed by atoms with Crippen LogP contribution in [0.15, 0.2) is 12.1 Å². The molecule has 3 atom stereocenters. The van der Waals surface area contributed by atoms with Gasteiger partial charge in [-0.3, -0.25) is 0 Å². The van der Waals surface area contributed by atoms with E-state index in [0.717, 1.165) is 18.5 Å². The molecule has 0 saturated heterocycles. The fourth-order valence-electron chi connectivity index (χ4n) is 3.11. The number of hydrogen-bond donors (Lipinski definition) is 2. The molecule has 0 radical (unpaired) electrons. The molecule has 118 valence electrons. The summed E-state index contributed by atoms with van der Waals surface area (Å²) in [4.78, 5) is 0. The van der Waals surface area contributed by atoms with Gasteiger partial charge in [-0.15, -0.1) is 0 Å². The lowest BCUT2D eigenvalue weighted by Gasteiger charge is -2.31. The van der Waals surface area contributed by atoms with Crippen molar-refractivity contribution in [1.82, 2.24) is 5.32 Å². The molecular weight excluding hydrogens is 329 g/mol. The minimum atomic E-state index is 0.105. The Morgan fingerprint density at radius 1 is 1.14 bits per heavy atom. The minimum absolute atomic E-state index is 0.105. The van der Waals surface area contributed by atoms with Gasteiger partial charge in [0.2, 0.25) is 0 Å². The van der Waals surface area contributed by atoms with Crippen LogP contribution in [-0.4, -0.2) is 18.3 Å². The average Bonchev–Trinajstić information content (AvgIpc) is 2.50. The first-order valence-electron chi connectivity index (χ1n) is 7.52. The smallest absolute Gasteiger partial charge is 0.0781 e. The van der Waals surface area contributed by atoms with Crippen LogP contribution in [0.5, 0.6) is 0 Å². The highest BCUT2D eigenvalue weighted by atomic mass is 35.5. The van der Waals surface area contributed by atoms with E-state index in [0.29, 0.717) is 26.9 Å². The lowest BCUT2D eigenvalue weighted by molar-refractivity contribution is 0.131. The van der Waals surface area contributed by atoms with E-state index < -0.39 is 0 Å². The predicted octanol–water partition coefficient (Wildman–Crippen LogP) is 5.10. The fraction of sp³-hybridized carbons (Fsp3) is 0.625. The van der Waals surface area contributed by atoms with Crippen molar-refractivity contribution in [2.24, 2.45) is 11.8 Å². The van der Waals surface area contributed by atoms with Crippen molar-refractivity contribution in [2.75, 3.05) is 13.2 Å². The maximum Gasteiger partial charge on any atom is 0.0781 e. The molecule has 2 nitrogen and oxygen atoms in total. The second kappa shape index (κ2) is 8.03. The summed E-state index contributed by atoms with van der Waals surface area (Å²) < 4.78 is 0. The highest BCUT2D eigenvalue weighted by molar-refractivity contribution is 6.48. The van der Waals surface area contributed by atoms with Crippen LogP contribution in [0.4, 0.5) is 0 Å². The highest BCUT2D eigenvalue weighted by Gasteiger charge is 2.25. The molecule has 1 aliphatic carbocycles. The summed E-state index contributed by atoms with van der Waals surface area (Å²) in [5.74, 6) is 0.954. The molecule has 0 heterocycles. The van der Waals surface area contributed by atoms with Gasteiger partial charge in [-0.25, -0.2) is 0 Å². The Kier molecular flexibility index (Phi) is 6.64. The third kappa shape index (κ3) is 4.27. The summed E-state index contributed by atoms with van der Waals surface area (Å²) >= 11 is 18.3. The SMILES string of the molecule is CC(NCC1CCCCC1CO)c1ccc(Cl)c(Cl)c1Cl. The van der Waals surface area contributed by atoms with Gasteiger partial charge in [0, 0.05) is 12.6 Å². The molecule has 0 aliphatic heterocycles. The number of aliphatic hydroxyl groups is 1. The Bertz CT molecular complexity index is 481. The van der Waals surface area contributed by atoms with Crippen molar-refractivity contribution in [1.29, 1.82) is 0 Å². The van der Waals surface area contributed by atoms with E-state index in [1.807, 2.05) is 6.07 Å². The van der Waals surface area contributed by atoms with Gasteiger partial charge in [0.15, 0.2) is 0 Å². The quantitative estimate of drug-likeness (QED) is 0.724. The normalized spacial score (nSPS) is 24.0. The van der Waals surface area contributed by atoms with Crippen LogP contribution in [0.25, 0.3) is 0 Å². The zero-order valence-electron chi connectivity index (χ0n) is 12.2. The molecule has 1 aromatic rings. The summed E-state index contributed by atoms with van der Waals surface area (Å²) in [6.07, 6.45) is 4.80. The molecule has 3 unspecified atom stereocenters. The standard InChI is InChI=1S/C16H22Cl3NO/c1-10(13-6-7-14(17)16(19)15(13)18)20-8-11-4-2-3-5-12(11)9-21/h6-7,10-12,20-21H,2-5,8-9H2,1H3. The van der Waals surface area contributed by atoms with Gasteiger partial charge >= 0.3 is 0 Å². The van der Waals surface area contributed by atoms with Gasteiger partial charge in [0.1, 0.15) is 0 Å². The lowest BCUT2D eigenvalue weighted by atomic mass is 9.79. The van der Waals surface area contributed by atoms with E-state index in [4.69, 9.17) is 34.8 Å². The van der Waals surface area contributed by atoms with Gasteiger partial charge in [-0.1, -0.05) is 53.7 Å². The molecule has 1 aliphatic rings. The van der Waals surface area contributed by atoms with E-state index in [1.54, 1.807) is 6.07 Å². The molecule has 1 saturated carbocycles. The Hall–Kier alpha value is 0.01000. The summed E-state index contributed by atoms with van der Waals surface area (Å²) in [5.41, 5.74) is 0.961. The first-order valence-corrected chi connectivity index (χ1v) is 8.65. The molecule has 0 spiro atoms. The van der Waals surface area contributed by atoms with Gasteiger partial charge in [0.05, 0.1) is 15.1 Å². The van der Waals surface area contributed by atoms with Crippen LogP contribution in [-0.2, 0) is 0 Å². The third-order valence-electron chi connectivity index (χ3n) is 4.52. The zero-order chi connectivity index (χ0) is 15.4. The molecule has 2 N–H and O–H groups in total. The minimum Gasteiger partial charge on any atom is -0.396 e. The van der Waals surface area contributed by atoms with E-state index >= 15 is 0 Å². The first kappa shape index (κ1) is 17.4. The van der Waals surface area contributed by atoms with Gasteiger partial charge in [-0.05, 0) is 49.8 Å². The van der Waals surface area contributed by atoms with Crippen LogP contribution >= 0.6 is 34.8 Å². The number of rotatable bonds is 5. The van der Waals surface area contributed by atoms with Crippen LogP contribution in [0, 0.1) is 11.8 Å². The number of hydrogen-bond acceptors (Lipinski definition) is 2. The summed E-state index contributed by atoms with van der Waals surface area (Å²) in [7, 11) is 0. The highest BCUT2D eigenvalue weighted by Crippen LogP contribution is 2.36. The van der Waals surface area contributed by atoms with Crippen molar-refractivity contribution in [3.8, 4) is 0 Å². The van der Waals surface area contributed by atoms with E-state index in [-0.39, 0.29) is 12.6 Å². The second-order valence-corrected chi connectivity index (χ2v) is 7.04. The van der Waals surface area contributed by atoms with Gasteiger partial charge in [-0.2, -0.15) is 0 Å². The molecule has 0 amide bonds. The van der Waals surface area contributed by atoms with E-state index in [1.165, 1.54) is 19.3 Å². The number of aliphatic hydroxyl groups excluding tert-OH is 1. The largest absolute Gasteiger partial charge is 0.396 e. The number of halogens is 3. The van der Waals surface area contributed by atoms with Gasteiger partial charge < -0.3 is 10.4 Å². The van der Waals surface area contributed by atoms with Crippen LogP contribution in [0.3, 0.4) is 0 Å². The number of benzene rings is 1. The van der Waals surface area contributed by atoms with Crippen LogP contribution in [0.2, 0.25) is 15.1 Å². The zero-order valence-corrected chi connectivity index (χ0v) is 14.5. The van der Waals surface area contributed by atoms with E-state index in [2.05, 4.69) is 12.2 Å². The molecule has 0 aromatic heterocycles. The van der Waals surface area contributed by atoms with E-state index in [9.17, 15) is 5.11 Å². The molecule has 0 bridgehead atoms. The molecule has 5 heteroatoms. The Morgan fingerprint density at radius 2 is 1.81 bits per heavy atom. The summed E-state index contributed by atoms with van der Waals surface area (Å²) in [6, 6.07) is 3.80. The van der Waals surface area contributed by atoms with Crippen molar-refractivity contribution >= 4 is 34.8 Å². The van der Waals surface area contributed by atoms with Crippen molar-refractivity contribution in [3.63, 3.8) is 0 Å². The Morgan fingerprint density at radius 3 is 2.48 bits per heavy atom. The lowest BCUT2D eigenvalue weighted by Crippen LogP contribution is -2.33. The molecular formula is C16H22Cl3NO. The molecule has 1 fully saturated rings. The van der Waals surface area contributed by atoms with Crippen LogP contribution in [0.1, 0.15) is 44.2 Å². The Balaban J connectivity index is 1.98. The summed E-state index contributed by atoms with van der Waals surface area (Å²) in [5, 5.41) is 14.4. The topological polar surface area (TPSA) is 32.3 Å². The maximum atomic E-state index is 9.47. The fourth-order valence-corrected chi connectivity index (χ4v) is 3.81. The third-order valence-corrected chi connectivity index (χ3v) is 5.83. The molecule has 2 rings (SSSR count). The molecule has 21 heavy (non-hydrogen) atoms. The van der Waals surface area contributed by atoms with Crippen molar-refractivity contribution in [2.45, 2.75) is 38.6 Å². The Labute approximate surface area is 141 Å². The number of nitrogens with one attached hydrogen (secondary N) is 1. The van der Waals surface area contributed by atoms with Gasteiger partial charge in [0.25, 0.3) is 0 Å². The maximum absolute atomic E-state index is 9.47. The molecule has 1 aromatic carbocycles. The average molecular weight is 351 g/mol. The van der Waals surface area contributed by atoms with Crippen LogP contribution < -0.4 is 5.32 Å². The van der Waals surface area contributed by atoms with Crippen molar-refractivity contribution in [3.05, 3.63) is 32.8 Å². The monoisotopic (exact) mass is 349 g/mol. The second-order valence-electron chi connectivity index (χ2n) is 5.88. The van der Waals surface area contributed by atoms with Crippen molar-refractivity contribution < 1.29 is 5.11 Å².